The summed E-state index contributed by atoms with van der Waals surface area (Å²) in [5.74, 6) is 0.548. The van der Waals surface area contributed by atoms with Crippen molar-refractivity contribution in [3.63, 3.8) is 0 Å². The van der Waals surface area contributed by atoms with Crippen LogP contribution in [0.4, 0.5) is 0 Å². The average molecular weight is 324 g/mol. The Bertz CT molecular complexity index is 835. The molecule has 0 bridgehead atoms. The van der Waals surface area contributed by atoms with Crippen molar-refractivity contribution in [1.29, 1.82) is 0 Å². The maximum absolute atomic E-state index is 12.3. The number of rotatable bonds is 4. The number of para-hydroxylation sites is 1. The SMILES string of the molecule is C[C@@H](NC(=O)c1ccc(C(N)=S)cc1)c1cc2ccccc2o1. The van der Waals surface area contributed by atoms with E-state index in [1.54, 1.807) is 24.3 Å². The molecule has 3 rings (SSSR count). The number of fused-ring (bicyclic) bond motifs is 1. The fourth-order valence-electron chi connectivity index (χ4n) is 2.35. The Morgan fingerprint density at radius 1 is 1.13 bits per heavy atom. The van der Waals surface area contributed by atoms with E-state index in [4.69, 9.17) is 22.4 Å². The minimum Gasteiger partial charge on any atom is -0.459 e. The van der Waals surface area contributed by atoms with Crippen molar-refractivity contribution < 1.29 is 9.21 Å². The number of carbonyl (C=O) groups is 1. The summed E-state index contributed by atoms with van der Waals surface area (Å²) in [5, 5.41) is 3.94. The van der Waals surface area contributed by atoms with Crippen LogP contribution in [-0.2, 0) is 0 Å². The van der Waals surface area contributed by atoms with Gasteiger partial charge in [0.1, 0.15) is 16.3 Å². The van der Waals surface area contributed by atoms with Crippen molar-refractivity contribution >= 4 is 34.1 Å². The van der Waals surface area contributed by atoms with E-state index in [-0.39, 0.29) is 11.9 Å². The molecule has 0 saturated heterocycles. The molecule has 5 heteroatoms. The first kappa shape index (κ1) is 15.2. The van der Waals surface area contributed by atoms with Gasteiger partial charge < -0.3 is 15.5 Å². The van der Waals surface area contributed by atoms with Crippen molar-refractivity contribution in [3.05, 3.63) is 71.5 Å². The van der Waals surface area contributed by atoms with Gasteiger partial charge in [-0.2, -0.15) is 0 Å². The molecule has 23 heavy (non-hydrogen) atoms. The number of nitrogens with one attached hydrogen (secondary N) is 1. The number of amides is 1. The first-order chi connectivity index (χ1) is 11.0. The van der Waals surface area contributed by atoms with E-state index >= 15 is 0 Å². The third kappa shape index (κ3) is 3.24. The number of furan rings is 1. The molecule has 0 saturated carbocycles. The molecule has 3 aromatic rings. The number of thiocarbonyl (C=S) groups is 1. The lowest BCUT2D eigenvalue weighted by atomic mass is 10.1. The lowest BCUT2D eigenvalue weighted by Crippen LogP contribution is -2.26. The van der Waals surface area contributed by atoms with E-state index in [0.29, 0.717) is 10.6 Å². The molecular weight excluding hydrogens is 308 g/mol. The number of hydrogen-bond acceptors (Lipinski definition) is 3. The van der Waals surface area contributed by atoms with Crippen LogP contribution in [0, 0.1) is 0 Å². The first-order valence-electron chi connectivity index (χ1n) is 7.24. The second-order valence-corrected chi connectivity index (χ2v) is 5.76. The van der Waals surface area contributed by atoms with Gasteiger partial charge in [0.15, 0.2) is 0 Å². The molecule has 0 unspecified atom stereocenters. The molecule has 1 amide bonds. The normalized spacial score (nSPS) is 12.0. The maximum atomic E-state index is 12.3. The Morgan fingerprint density at radius 3 is 2.43 bits per heavy atom. The lowest BCUT2D eigenvalue weighted by Gasteiger charge is -2.11. The number of benzene rings is 2. The molecule has 3 N–H and O–H groups in total. The maximum Gasteiger partial charge on any atom is 0.251 e. The van der Waals surface area contributed by atoms with Crippen LogP contribution in [0.3, 0.4) is 0 Å². The zero-order chi connectivity index (χ0) is 16.4. The Labute approximate surface area is 139 Å². The first-order valence-corrected chi connectivity index (χ1v) is 7.64. The third-order valence-corrected chi connectivity index (χ3v) is 3.89. The largest absolute Gasteiger partial charge is 0.459 e. The standard InChI is InChI=1S/C18H16N2O2S/c1-11(16-10-14-4-2-3-5-15(14)22-16)20-18(21)13-8-6-12(7-9-13)17(19)23/h2-11H,1H3,(H2,19,23)(H,20,21)/t11-/m1/s1. The summed E-state index contributed by atoms with van der Waals surface area (Å²) in [6.07, 6.45) is 0. The molecule has 0 aliphatic heterocycles. The van der Waals surface area contributed by atoms with Gasteiger partial charge in [-0.3, -0.25) is 4.79 Å². The number of nitrogens with two attached hydrogens (primary N) is 1. The minimum absolute atomic E-state index is 0.174. The molecule has 0 radical (unpaired) electrons. The van der Waals surface area contributed by atoms with Crippen molar-refractivity contribution in [2.45, 2.75) is 13.0 Å². The minimum atomic E-state index is -0.231. The van der Waals surface area contributed by atoms with E-state index < -0.39 is 0 Å². The van der Waals surface area contributed by atoms with Crippen LogP contribution >= 0.6 is 12.2 Å². The van der Waals surface area contributed by atoms with Gasteiger partial charge in [-0.1, -0.05) is 42.5 Å². The molecule has 0 spiro atoms. The van der Waals surface area contributed by atoms with Crippen LogP contribution in [0.2, 0.25) is 0 Å². The van der Waals surface area contributed by atoms with E-state index in [1.807, 2.05) is 37.3 Å². The van der Waals surface area contributed by atoms with Crippen molar-refractivity contribution in [2.75, 3.05) is 0 Å². The van der Waals surface area contributed by atoms with Gasteiger partial charge in [-0.25, -0.2) is 0 Å². The Morgan fingerprint density at radius 2 is 1.78 bits per heavy atom. The number of hydrogen-bond donors (Lipinski definition) is 2. The zero-order valence-electron chi connectivity index (χ0n) is 12.6. The Hall–Kier alpha value is -2.66. The van der Waals surface area contributed by atoms with Crippen molar-refractivity contribution in [3.8, 4) is 0 Å². The molecule has 4 nitrogen and oxygen atoms in total. The molecule has 0 aliphatic carbocycles. The molecular formula is C18H16N2O2S. The van der Waals surface area contributed by atoms with Gasteiger partial charge >= 0.3 is 0 Å². The van der Waals surface area contributed by atoms with Gasteiger partial charge in [-0.15, -0.1) is 0 Å². The van der Waals surface area contributed by atoms with Crippen LogP contribution in [0.5, 0.6) is 0 Å². The lowest BCUT2D eigenvalue weighted by molar-refractivity contribution is 0.0935. The van der Waals surface area contributed by atoms with Gasteiger partial charge in [0.25, 0.3) is 5.91 Å². The fraction of sp³-hybridized carbons (Fsp3) is 0.111. The summed E-state index contributed by atoms with van der Waals surface area (Å²) in [4.78, 5) is 12.6. The topological polar surface area (TPSA) is 68.3 Å². The predicted molar refractivity (Wildman–Crippen MR) is 94.4 cm³/mol. The summed E-state index contributed by atoms with van der Waals surface area (Å²) in [7, 11) is 0. The average Bonchev–Trinajstić information content (AvgIpc) is 2.99. The summed E-state index contributed by atoms with van der Waals surface area (Å²) in [6.45, 7) is 1.89. The molecule has 1 aromatic heterocycles. The van der Waals surface area contributed by atoms with E-state index in [1.165, 1.54) is 0 Å². The Kier molecular flexibility index (Phi) is 4.12. The van der Waals surface area contributed by atoms with Crippen molar-refractivity contribution in [2.24, 2.45) is 5.73 Å². The van der Waals surface area contributed by atoms with Gasteiger partial charge in [0, 0.05) is 16.5 Å². The van der Waals surface area contributed by atoms with Crippen LogP contribution in [-0.4, -0.2) is 10.9 Å². The predicted octanol–water partition coefficient (Wildman–Crippen LogP) is 3.56. The summed E-state index contributed by atoms with van der Waals surface area (Å²) in [6, 6.07) is 16.3. The Balaban J connectivity index is 1.74. The molecule has 2 aromatic carbocycles. The highest BCUT2D eigenvalue weighted by Gasteiger charge is 2.15. The summed E-state index contributed by atoms with van der Waals surface area (Å²) >= 11 is 4.90. The molecule has 0 aliphatic rings. The third-order valence-electron chi connectivity index (χ3n) is 3.65. The summed E-state index contributed by atoms with van der Waals surface area (Å²) in [5.41, 5.74) is 7.65. The molecule has 116 valence electrons. The van der Waals surface area contributed by atoms with Crippen LogP contribution in [0.15, 0.2) is 59.0 Å². The van der Waals surface area contributed by atoms with Gasteiger partial charge in [0.2, 0.25) is 0 Å². The highest BCUT2D eigenvalue weighted by atomic mass is 32.1. The van der Waals surface area contributed by atoms with Crippen LogP contribution in [0.1, 0.15) is 34.6 Å². The van der Waals surface area contributed by atoms with Gasteiger partial charge in [0.05, 0.1) is 6.04 Å². The fourth-order valence-corrected chi connectivity index (χ4v) is 2.49. The smallest absolute Gasteiger partial charge is 0.251 e. The van der Waals surface area contributed by atoms with E-state index in [0.717, 1.165) is 22.3 Å². The van der Waals surface area contributed by atoms with Crippen LogP contribution < -0.4 is 11.1 Å². The zero-order valence-corrected chi connectivity index (χ0v) is 13.4. The molecule has 1 heterocycles. The van der Waals surface area contributed by atoms with Crippen molar-refractivity contribution in [1.82, 2.24) is 5.32 Å². The van der Waals surface area contributed by atoms with E-state index in [2.05, 4.69) is 5.32 Å². The quantitative estimate of drug-likeness (QED) is 0.720. The summed E-state index contributed by atoms with van der Waals surface area (Å²) < 4.78 is 5.77. The van der Waals surface area contributed by atoms with Crippen LogP contribution in [0.25, 0.3) is 11.0 Å². The second-order valence-electron chi connectivity index (χ2n) is 5.32. The van der Waals surface area contributed by atoms with E-state index in [9.17, 15) is 4.79 Å². The second kappa shape index (κ2) is 6.22. The number of carbonyl (C=O) groups excluding carboxylic acids is 1. The molecule has 1 atom stereocenters. The van der Waals surface area contributed by atoms with Gasteiger partial charge in [-0.05, 0) is 31.2 Å². The molecule has 0 fully saturated rings. The highest BCUT2D eigenvalue weighted by molar-refractivity contribution is 7.80. The highest BCUT2D eigenvalue weighted by Crippen LogP contribution is 2.23. The monoisotopic (exact) mass is 324 g/mol.